The van der Waals surface area contributed by atoms with Gasteiger partial charge in [-0.05, 0) is 37.0 Å². The second-order valence-electron chi connectivity index (χ2n) is 4.55. The molecule has 2 rings (SSSR count). The molecule has 1 aromatic carbocycles. The van der Waals surface area contributed by atoms with Crippen LogP contribution >= 0.6 is 23.2 Å². The van der Waals surface area contributed by atoms with Crippen LogP contribution in [0, 0.1) is 5.92 Å². The number of urea groups is 1. The molecule has 4 nitrogen and oxygen atoms in total. The number of carbonyl (C=O) groups is 1. The minimum atomic E-state index is -0.246. The fourth-order valence-electron chi connectivity index (χ4n) is 1.99. The van der Waals surface area contributed by atoms with E-state index in [0.717, 1.165) is 26.1 Å². The second-order valence-corrected chi connectivity index (χ2v) is 5.42. The number of nitrogens with one attached hydrogen (secondary N) is 2. The van der Waals surface area contributed by atoms with Crippen LogP contribution in [0.5, 0.6) is 0 Å². The number of hydrogen-bond acceptors (Lipinski definition) is 2. The maximum atomic E-state index is 11.7. The van der Waals surface area contributed by atoms with Gasteiger partial charge in [0.05, 0.1) is 0 Å². The van der Waals surface area contributed by atoms with E-state index < -0.39 is 0 Å². The van der Waals surface area contributed by atoms with Crippen LogP contribution in [0.2, 0.25) is 10.0 Å². The van der Waals surface area contributed by atoms with Crippen LogP contribution in [-0.4, -0.2) is 25.8 Å². The fraction of sp³-hybridized carbons (Fsp3) is 0.462. The third-order valence-corrected chi connectivity index (χ3v) is 3.45. The summed E-state index contributed by atoms with van der Waals surface area (Å²) >= 11 is 11.7. The van der Waals surface area contributed by atoms with Crippen molar-refractivity contribution >= 4 is 34.9 Å². The largest absolute Gasteiger partial charge is 0.381 e. The highest BCUT2D eigenvalue weighted by atomic mass is 35.5. The molecule has 0 saturated carbocycles. The molecule has 0 bridgehead atoms. The van der Waals surface area contributed by atoms with Gasteiger partial charge in [0, 0.05) is 35.5 Å². The third kappa shape index (κ3) is 4.90. The van der Waals surface area contributed by atoms with Crippen LogP contribution < -0.4 is 10.6 Å². The first kappa shape index (κ1) is 14.4. The topological polar surface area (TPSA) is 50.4 Å². The molecule has 1 heterocycles. The van der Waals surface area contributed by atoms with Gasteiger partial charge in [-0.3, -0.25) is 0 Å². The zero-order chi connectivity index (χ0) is 13.7. The molecule has 0 aliphatic carbocycles. The number of benzene rings is 1. The normalized spacial score (nSPS) is 16.1. The van der Waals surface area contributed by atoms with Crippen molar-refractivity contribution in [2.75, 3.05) is 25.1 Å². The van der Waals surface area contributed by atoms with Gasteiger partial charge < -0.3 is 15.4 Å². The summed E-state index contributed by atoms with van der Waals surface area (Å²) in [6, 6.07) is 4.68. The molecule has 0 radical (unpaired) electrons. The Balaban J connectivity index is 1.80. The molecular formula is C13H16Cl2N2O2. The number of carbonyl (C=O) groups excluding carboxylic acids is 1. The number of rotatable bonds is 3. The number of halogens is 2. The Hall–Kier alpha value is -0.970. The fourth-order valence-corrected chi connectivity index (χ4v) is 2.51. The van der Waals surface area contributed by atoms with Gasteiger partial charge in [0.1, 0.15) is 0 Å². The molecule has 0 atom stereocenters. The van der Waals surface area contributed by atoms with Gasteiger partial charge >= 0.3 is 6.03 Å². The number of anilines is 1. The Bertz CT molecular complexity index is 428. The molecule has 2 amide bonds. The van der Waals surface area contributed by atoms with Crippen molar-refractivity contribution in [3.63, 3.8) is 0 Å². The molecule has 19 heavy (non-hydrogen) atoms. The van der Waals surface area contributed by atoms with E-state index in [1.165, 1.54) is 0 Å². The SMILES string of the molecule is O=C(NCC1CCOCC1)Nc1cc(Cl)cc(Cl)c1. The van der Waals surface area contributed by atoms with Gasteiger partial charge in [0.15, 0.2) is 0 Å². The van der Waals surface area contributed by atoms with E-state index in [1.54, 1.807) is 18.2 Å². The highest BCUT2D eigenvalue weighted by molar-refractivity contribution is 6.35. The number of hydrogen-bond donors (Lipinski definition) is 2. The summed E-state index contributed by atoms with van der Waals surface area (Å²) in [4.78, 5) is 11.7. The standard InChI is InChI=1S/C13H16Cl2N2O2/c14-10-5-11(15)7-12(6-10)17-13(18)16-8-9-1-3-19-4-2-9/h5-7,9H,1-4,8H2,(H2,16,17,18). The van der Waals surface area contributed by atoms with Crippen LogP contribution in [0.15, 0.2) is 18.2 Å². The monoisotopic (exact) mass is 302 g/mol. The Morgan fingerprint density at radius 2 is 1.84 bits per heavy atom. The summed E-state index contributed by atoms with van der Waals surface area (Å²) in [5, 5.41) is 6.55. The van der Waals surface area contributed by atoms with Crippen LogP contribution in [-0.2, 0) is 4.74 Å². The van der Waals surface area contributed by atoms with Crippen molar-refractivity contribution in [3.05, 3.63) is 28.2 Å². The average molecular weight is 303 g/mol. The Morgan fingerprint density at radius 1 is 1.21 bits per heavy atom. The predicted molar refractivity (Wildman–Crippen MR) is 77.0 cm³/mol. The first-order valence-electron chi connectivity index (χ1n) is 6.22. The van der Waals surface area contributed by atoms with Gasteiger partial charge in [-0.2, -0.15) is 0 Å². The Labute approximate surface area is 122 Å². The third-order valence-electron chi connectivity index (χ3n) is 3.01. The summed E-state index contributed by atoms with van der Waals surface area (Å²) in [5.41, 5.74) is 0.585. The zero-order valence-corrected chi connectivity index (χ0v) is 11.9. The van der Waals surface area contributed by atoms with Crippen LogP contribution in [0.4, 0.5) is 10.5 Å². The van der Waals surface area contributed by atoms with Crippen LogP contribution in [0.1, 0.15) is 12.8 Å². The van der Waals surface area contributed by atoms with E-state index in [9.17, 15) is 4.79 Å². The van der Waals surface area contributed by atoms with E-state index in [2.05, 4.69) is 10.6 Å². The van der Waals surface area contributed by atoms with Crippen LogP contribution in [0.3, 0.4) is 0 Å². The molecule has 6 heteroatoms. The number of amides is 2. The molecule has 1 aliphatic rings. The summed E-state index contributed by atoms with van der Waals surface area (Å²) in [7, 11) is 0. The maximum Gasteiger partial charge on any atom is 0.319 e. The second kappa shape index (κ2) is 6.98. The highest BCUT2D eigenvalue weighted by Gasteiger charge is 2.14. The summed E-state index contributed by atoms with van der Waals surface area (Å²) in [6.45, 7) is 2.21. The van der Waals surface area contributed by atoms with Crippen molar-refractivity contribution < 1.29 is 9.53 Å². The van der Waals surface area contributed by atoms with Gasteiger partial charge in [-0.1, -0.05) is 23.2 Å². The lowest BCUT2D eigenvalue weighted by molar-refractivity contribution is 0.0671. The minimum Gasteiger partial charge on any atom is -0.381 e. The van der Waals surface area contributed by atoms with Crippen LogP contribution in [0.25, 0.3) is 0 Å². The molecule has 104 valence electrons. The molecule has 0 spiro atoms. The van der Waals surface area contributed by atoms with Crippen molar-refractivity contribution in [3.8, 4) is 0 Å². The van der Waals surface area contributed by atoms with Crippen molar-refractivity contribution in [1.82, 2.24) is 5.32 Å². The maximum absolute atomic E-state index is 11.7. The minimum absolute atomic E-state index is 0.246. The molecular weight excluding hydrogens is 287 g/mol. The molecule has 1 aliphatic heterocycles. The molecule has 1 aromatic rings. The average Bonchev–Trinajstić information content (AvgIpc) is 2.36. The Morgan fingerprint density at radius 3 is 2.47 bits per heavy atom. The lowest BCUT2D eigenvalue weighted by Crippen LogP contribution is -2.35. The van der Waals surface area contributed by atoms with E-state index >= 15 is 0 Å². The van der Waals surface area contributed by atoms with Crippen molar-refractivity contribution in [2.24, 2.45) is 5.92 Å². The van der Waals surface area contributed by atoms with Gasteiger partial charge in [-0.25, -0.2) is 4.79 Å². The first-order valence-corrected chi connectivity index (χ1v) is 6.98. The highest BCUT2D eigenvalue weighted by Crippen LogP contribution is 2.22. The molecule has 1 saturated heterocycles. The van der Waals surface area contributed by atoms with Crippen molar-refractivity contribution in [1.29, 1.82) is 0 Å². The molecule has 2 N–H and O–H groups in total. The lowest BCUT2D eigenvalue weighted by Gasteiger charge is -2.22. The molecule has 0 aromatic heterocycles. The smallest absolute Gasteiger partial charge is 0.319 e. The first-order chi connectivity index (χ1) is 9.13. The van der Waals surface area contributed by atoms with E-state index in [0.29, 0.717) is 28.2 Å². The van der Waals surface area contributed by atoms with E-state index in [-0.39, 0.29) is 6.03 Å². The summed E-state index contributed by atoms with van der Waals surface area (Å²) < 4.78 is 5.27. The summed E-state index contributed by atoms with van der Waals surface area (Å²) in [6.07, 6.45) is 1.98. The lowest BCUT2D eigenvalue weighted by atomic mass is 10.0. The quantitative estimate of drug-likeness (QED) is 0.897. The van der Waals surface area contributed by atoms with Gasteiger partial charge in [0.2, 0.25) is 0 Å². The molecule has 1 fully saturated rings. The Kier molecular flexibility index (Phi) is 5.31. The predicted octanol–water partition coefficient (Wildman–Crippen LogP) is 3.54. The number of ether oxygens (including phenoxy) is 1. The van der Waals surface area contributed by atoms with E-state index in [1.807, 2.05) is 0 Å². The summed E-state index contributed by atoms with van der Waals surface area (Å²) in [5.74, 6) is 0.488. The molecule has 0 unspecified atom stereocenters. The van der Waals surface area contributed by atoms with Gasteiger partial charge in [0.25, 0.3) is 0 Å². The van der Waals surface area contributed by atoms with E-state index in [4.69, 9.17) is 27.9 Å². The zero-order valence-electron chi connectivity index (χ0n) is 10.4. The van der Waals surface area contributed by atoms with Crippen molar-refractivity contribution in [2.45, 2.75) is 12.8 Å². The van der Waals surface area contributed by atoms with Gasteiger partial charge in [-0.15, -0.1) is 0 Å².